The van der Waals surface area contributed by atoms with Crippen LogP contribution in [0, 0.1) is 17.8 Å². The van der Waals surface area contributed by atoms with Gasteiger partial charge in [-0.1, -0.05) is 13.3 Å². The minimum absolute atomic E-state index is 0.144. The summed E-state index contributed by atoms with van der Waals surface area (Å²) in [6, 6.07) is 0. The highest BCUT2D eigenvalue weighted by Crippen LogP contribution is 2.38. The first kappa shape index (κ1) is 15.0. The van der Waals surface area contributed by atoms with Crippen molar-refractivity contribution in [3.63, 3.8) is 0 Å². The van der Waals surface area contributed by atoms with Gasteiger partial charge in [0.2, 0.25) is 5.91 Å². The van der Waals surface area contributed by atoms with Crippen molar-refractivity contribution in [2.45, 2.75) is 45.6 Å². The summed E-state index contributed by atoms with van der Waals surface area (Å²) in [5.41, 5.74) is -0.975. The number of aliphatic hydroxyl groups is 1. The van der Waals surface area contributed by atoms with Gasteiger partial charge in [0.15, 0.2) is 0 Å². The molecule has 0 aromatic heterocycles. The van der Waals surface area contributed by atoms with E-state index in [0.717, 1.165) is 6.42 Å². The lowest BCUT2D eigenvalue weighted by atomic mass is 9.95. The van der Waals surface area contributed by atoms with Gasteiger partial charge in [-0.3, -0.25) is 9.59 Å². The quantitative estimate of drug-likeness (QED) is 0.686. The minimum Gasteiger partial charge on any atom is -0.481 e. The molecule has 0 radical (unpaired) electrons. The number of rotatable bonds is 5. The van der Waals surface area contributed by atoms with Gasteiger partial charge in [0, 0.05) is 6.54 Å². The predicted octanol–water partition coefficient (Wildman–Crippen LogP) is 1.01. The van der Waals surface area contributed by atoms with Crippen LogP contribution in [-0.4, -0.2) is 34.2 Å². The summed E-state index contributed by atoms with van der Waals surface area (Å²) in [6.07, 6.45) is 2.11. The second-order valence-corrected chi connectivity index (χ2v) is 5.83. The van der Waals surface area contributed by atoms with Crippen molar-refractivity contribution >= 4 is 11.9 Å². The van der Waals surface area contributed by atoms with E-state index in [4.69, 9.17) is 5.11 Å². The van der Waals surface area contributed by atoms with Crippen molar-refractivity contribution in [2.75, 3.05) is 6.54 Å². The van der Waals surface area contributed by atoms with Crippen LogP contribution < -0.4 is 5.32 Å². The second-order valence-electron chi connectivity index (χ2n) is 5.83. The van der Waals surface area contributed by atoms with E-state index in [1.165, 1.54) is 0 Å². The third kappa shape index (κ3) is 3.98. The molecule has 5 heteroatoms. The van der Waals surface area contributed by atoms with E-state index in [1.807, 2.05) is 6.92 Å². The molecule has 5 nitrogen and oxygen atoms in total. The van der Waals surface area contributed by atoms with Crippen molar-refractivity contribution in [3.8, 4) is 0 Å². The summed E-state index contributed by atoms with van der Waals surface area (Å²) in [4.78, 5) is 23.1. The zero-order valence-corrected chi connectivity index (χ0v) is 11.3. The van der Waals surface area contributed by atoms with Crippen LogP contribution >= 0.6 is 0 Å². The van der Waals surface area contributed by atoms with Gasteiger partial charge in [-0.2, -0.15) is 0 Å². The number of hydrogen-bond acceptors (Lipinski definition) is 3. The number of nitrogens with one attached hydrogen (secondary N) is 1. The number of carbonyl (C=O) groups excluding carboxylic acids is 1. The molecule has 1 saturated carbocycles. The van der Waals surface area contributed by atoms with Crippen molar-refractivity contribution in [1.82, 2.24) is 5.32 Å². The Labute approximate surface area is 108 Å². The summed E-state index contributed by atoms with van der Waals surface area (Å²) >= 11 is 0. The summed E-state index contributed by atoms with van der Waals surface area (Å²) in [5, 5.41) is 21.3. The van der Waals surface area contributed by atoms with E-state index in [9.17, 15) is 14.7 Å². The molecule has 3 N–H and O–H groups in total. The van der Waals surface area contributed by atoms with E-state index in [-0.39, 0.29) is 12.5 Å². The largest absolute Gasteiger partial charge is 0.481 e. The van der Waals surface area contributed by atoms with Gasteiger partial charge < -0.3 is 15.5 Å². The van der Waals surface area contributed by atoms with Crippen LogP contribution in [0.2, 0.25) is 0 Å². The monoisotopic (exact) mass is 257 g/mol. The Morgan fingerprint density at radius 1 is 1.28 bits per heavy atom. The van der Waals surface area contributed by atoms with Gasteiger partial charge >= 0.3 is 5.97 Å². The zero-order chi connectivity index (χ0) is 13.9. The molecule has 3 unspecified atom stereocenters. The van der Waals surface area contributed by atoms with Gasteiger partial charge in [-0.05, 0) is 32.6 Å². The normalized spacial score (nSPS) is 28.1. The Morgan fingerprint density at radius 2 is 1.83 bits per heavy atom. The van der Waals surface area contributed by atoms with Crippen molar-refractivity contribution in [1.29, 1.82) is 0 Å². The van der Waals surface area contributed by atoms with Gasteiger partial charge in [0.1, 0.15) is 0 Å². The summed E-state index contributed by atoms with van der Waals surface area (Å²) < 4.78 is 0. The molecule has 1 aliphatic carbocycles. The number of carboxylic acid groups (broad SMARTS) is 1. The molecule has 0 bridgehead atoms. The lowest BCUT2D eigenvalue weighted by Gasteiger charge is -2.21. The van der Waals surface area contributed by atoms with Crippen LogP contribution in [0.5, 0.6) is 0 Å². The summed E-state index contributed by atoms with van der Waals surface area (Å²) in [6.45, 7) is 5.36. The molecule has 0 saturated heterocycles. The van der Waals surface area contributed by atoms with Crippen molar-refractivity contribution in [3.05, 3.63) is 0 Å². The van der Waals surface area contributed by atoms with Crippen LogP contribution in [0.1, 0.15) is 40.0 Å². The maximum atomic E-state index is 12.0. The molecule has 18 heavy (non-hydrogen) atoms. The maximum Gasteiger partial charge on any atom is 0.307 e. The van der Waals surface area contributed by atoms with Gasteiger partial charge in [0.05, 0.1) is 17.4 Å². The summed E-state index contributed by atoms with van der Waals surface area (Å²) in [5.74, 6) is -1.88. The predicted molar refractivity (Wildman–Crippen MR) is 66.9 cm³/mol. The molecule has 0 heterocycles. The molecule has 1 fully saturated rings. The molecule has 1 amide bonds. The Hall–Kier alpha value is -1.10. The zero-order valence-electron chi connectivity index (χ0n) is 11.3. The highest BCUT2D eigenvalue weighted by molar-refractivity contribution is 5.85. The molecule has 1 rings (SSSR count). The molecule has 104 valence electrons. The number of amides is 1. The fourth-order valence-corrected chi connectivity index (χ4v) is 2.47. The first-order chi connectivity index (χ1) is 8.24. The lowest BCUT2D eigenvalue weighted by molar-refractivity contribution is -0.146. The lowest BCUT2D eigenvalue weighted by Crippen LogP contribution is -2.42. The van der Waals surface area contributed by atoms with Gasteiger partial charge in [-0.15, -0.1) is 0 Å². The van der Waals surface area contributed by atoms with Gasteiger partial charge in [0.25, 0.3) is 0 Å². The van der Waals surface area contributed by atoms with E-state index in [1.54, 1.807) is 13.8 Å². The average molecular weight is 257 g/mol. The van der Waals surface area contributed by atoms with Crippen LogP contribution in [-0.2, 0) is 9.59 Å². The van der Waals surface area contributed by atoms with E-state index in [0.29, 0.717) is 18.8 Å². The topological polar surface area (TPSA) is 86.6 Å². The van der Waals surface area contributed by atoms with Crippen molar-refractivity contribution < 1.29 is 19.8 Å². The first-order valence-corrected chi connectivity index (χ1v) is 6.47. The summed E-state index contributed by atoms with van der Waals surface area (Å²) in [7, 11) is 0. The third-order valence-corrected chi connectivity index (χ3v) is 3.59. The molecule has 0 spiro atoms. The molecular formula is C13H23NO4. The standard InChI is InChI=1S/C13H23NO4/c1-4-8-5-9(10(6-8)12(16)17)11(15)14-7-13(2,3)18/h8-10,18H,4-7H2,1-3H3,(H,14,15)(H,16,17). The van der Waals surface area contributed by atoms with E-state index < -0.39 is 23.4 Å². The van der Waals surface area contributed by atoms with Crippen LogP contribution in [0.4, 0.5) is 0 Å². The fraction of sp³-hybridized carbons (Fsp3) is 0.846. The number of hydrogen-bond donors (Lipinski definition) is 3. The van der Waals surface area contributed by atoms with Crippen LogP contribution in [0.3, 0.4) is 0 Å². The SMILES string of the molecule is CCC1CC(C(=O)O)C(C(=O)NCC(C)(C)O)C1. The van der Waals surface area contributed by atoms with Gasteiger partial charge in [-0.25, -0.2) is 0 Å². The van der Waals surface area contributed by atoms with Crippen LogP contribution in [0.15, 0.2) is 0 Å². The van der Waals surface area contributed by atoms with E-state index >= 15 is 0 Å². The Balaban J connectivity index is 2.62. The highest BCUT2D eigenvalue weighted by atomic mass is 16.4. The maximum absolute atomic E-state index is 12.0. The smallest absolute Gasteiger partial charge is 0.307 e. The molecule has 1 aliphatic rings. The molecule has 3 atom stereocenters. The Bertz CT molecular complexity index is 321. The first-order valence-electron chi connectivity index (χ1n) is 6.47. The number of carbonyl (C=O) groups is 2. The molecule has 0 aromatic rings. The van der Waals surface area contributed by atoms with Crippen molar-refractivity contribution in [2.24, 2.45) is 17.8 Å². The Morgan fingerprint density at radius 3 is 2.28 bits per heavy atom. The minimum atomic E-state index is -0.975. The number of carboxylic acids is 1. The van der Waals surface area contributed by atoms with Crippen LogP contribution in [0.25, 0.3) is 0 Å². The van der Waals surface area contributed by atoms with E-state index in [2.05, 4.69) is 5.32 Å². The Kier molecular flexibility index (Phi) is 4.73. The fourth-order valence-electron chi connectivity index (χ4n) is 2.47. The highest BCUT2D eigenvalue weighted by Gasteiger charge is 2.42. The third-order valence-electron chi connectivity index (χ3n) is 3.59. The molecule has 0 aliphatic heterocycles. The molecule has 0 aromatic carbocycles. The second kappa shape index (κ2) is 5.69. The average Bonchev–Trinajstić information content (AvgIpc) is 2.69. The molecular weight excluding hydrogens is 234 g/mol. The number of aliphatic carboxylic acids is 1.